The molecule has 0 atom stereocenters. The summed E-state index contributed by atoms with van der Waals surface area (Å²) in [6.45, 7) is 14.2. The van der Waals surface area contributed by atoms with Crippen LogP contribution in [-0.4, -0.2) is 100 Å². The summed E-state index contributed by atoms with van der Waals surface area (Å²) in [5.41, 5.74) is 3.84. The highest BCUT2D eigenvalue weighted by Gasteiger charge is 2.39. The average molecular weight is 831 g/mol. The number of nitrogens with one attached hydrogen (secondary N) is 2. The third-order valence-corrected chi connectivity index (χ3v) is 11.8. The van der Waals surface area contributed by atoms with Gasteiger partial charge in [-0.25, -0.2) is 0 Å². The van der Waals surface area contributed by atoms with Crippen LogP contribution in [0.2, 0.25) is 0 Å². The Kier molecular flexibility index (Phi) is 16.1. The van der Waals surface area contributed by atoms with Crippen molar-refractivity contribution in [1.82, 2.24) is 10.3 Å². The number of carbonyl (C=O) groups excluding carboxylic acids is 2. The van der Waals surface area contributed by atoms with Gasteiger partial charge in [0.2, 0.25) is 0 Å². The number of nitrogens with zero attached hydrogens (tertiary/aromatic N) is 3. The number of aryl methyl sites for hydroxylation is 1. The van der Waals surface area contributed by atoms with Gasteiger partial charge in [-0.2, -0.15) is 13.2 Å². The Labute approximate surface area is 352 Å². The second-order valence-corrected chi connectivity index (χ2v) is 15.8. The predicted octanol–water partition coefficient (Wildman–Crippen LogP) is 8.41. The number of quaternary nitrogens is 1. The van der Waals surface area contributed by atoms with E-state index in [2.05, 4.69) is 34.4 Å². The number of halogens is 3. The van der Waals surface area contributed by atoms with Crippen molar-refractivity contribution in [2.75, 3.05) is 89.1 Å². The molecule has 2 N–H and O–H groups in total. The van der Waals surface area contributed by atoms with E-state index in [9.17, 15) is 22.8 Å². The number of pyridine rings is 1. The summed E-state index contributed by atoms with van der Waals surface area (Å²) in [4.78, 5) is 33.6. The monoisotopic (exact) mass is 830 g/mol. The Balaban J connectivity index is 0.982. The van der Waals surface area contributed by atoms with Crippen LogP contribution in [0.3, 0.4) is 0 Å². The molecule has 3 fully saturated rings. The molecule has 0 spiro atoms. The number of hydrogen-bond donors (Lipinski definition) is 2. The van der Waals surface area contributed by atoms with Crippen molar-refractivity contribution in [2.45, 2.75) is 58.7 Å². The number of ether oxygens (including phenoxy) is 3. The van der Waals surface area contributed by atoms with Crippen molar-refractivity contribution in [3.05, 3.63) is 113 Å². The van der Waals surface area contributed by atoms with Gasteiger partial charge in [0.1, 0.15) is 6.54 Å². The molecule has 60 heavy (non-hydrogen) atoms. The number of benzene rings is 3. The average Bonchev–Trinajstić information content (AvgIpc) is 3.27. The summed E-state index contributed by atoms with van der Waals surface area (Å²) in [6.07, 6.45) is 2.70. The fourth-order valence-corrected chi connectivity index (χ4v) is 8.21. The van der Waals surface area contributed by atoms with E-state index in [0.717, 1.165) is 68.4 Å². The molecule has 4 aromatic rings. The largest absolute Gasteiger partial charge is 0.416 e. The highest BCUT2D eigenvalue weighted by Crippen LogP contribution is 2.34. The third-order valence-electron chi connectivity index (χ3n) is 11.8. The summed E-state index contributed by atoms with van der Waals surface area (Å²) < 4.78 is 58.3. The molecule has 13 heteroatoms. The molecule has 10 nitrogen and oxygen atoms in total. The Morgan fingerprint density at radius 2 is 1.43 bits per heavy atom. The van der Waals surface area contributed by atoms with Crippen molar-refractivity contribution in [1.29, 1.82) is 0 Å². The lowest BCUT2D eigenvalue weighted by Crippen LogP contribution is -2.59. The molecule has 2 bridgehead atoms. The number of piperidine rings is 3. The van der Waals surface area contributed by atoms with Crippen LogP contribution < -0.4 is 15.5 Å². The zero-order valence-electron chi connectivity index (χ0n) is 34.9. The van der Waals surface area contributed by atoms with Gasteiger partial charge >= 0.3 is 6.18 Å². The van der Waals surface area contributed by atoms with Gasteiger partial charge in [0.05, 0.1) is 69.6 Å². The third kappa shape index (κ3) is 12.6. The van der Waals surface area contributed by atoms with Gasteiger partial charge in [-0.05, 0) is 118 Å². The lowest BCUT2D eigenvalue weighted by atomic mass is 9.86. The molecular weight excluding hydrogens is 772 g/mol. The van der Waals surface area contributed by atoms with E-state index in [4.69, 9.17) is 14.2 Å². The van der Waals surface area contributed by atoms with Crippen LogP contribution in [0.15, 0.2) is 85.1 Å². The lowest BCUT2D eigenvalue weighted by molar-refractivity contribution is -0.942. The summed E-state index contributed by atoms with van der Waals surface area (Å²) in [5.74, 6) is 0.211. The number of amides is 2. The zero-order valence-corrected chi connectivity index (χ0v) is 34.9. The highest BCUT2D eigenvalue weighted by atomic mass is 19.4. The van der Waals surface area contributed by atoms with Gasteiger partial charge < -0.3 is 34.2 Å². The number of rotatable bonds is 22. The van der Waals surface area contributed by atoms with Gasteiger partial charge in [-0.1, -0.05) is 24.3 Å². The van der Waals surface area contributed by atoms with E-state index in [1.165, 1.54) is 61.7 Å². The maximum Gasteiger partial charge on any atom is 0.416 e. The van der Waals surface area contributed by atoms with Gasteiger partial charge in [-0.3, -0.25) is 14.6 Å². The molecule has 4 heterocycles. The van der Waals surface area contributed by atoms with Crippen LogP contribution in [-0.2, 0) is 33.4 Å². The first-order chi connectivity index (χ1) is 29.1. The fourth-order valence-electron chi connectivity index (χ4n) is 8.21. The molecule has 0 radical (unpaired) electrons. The van der Waals surface area contributed by atoms with Gasteiger partial charge in [0.15, 0.2) is 0 Å². The summed E-state index contributed by atoms with van der Waals surface area (Å²) in [5, 5.41) is 5.77. The molecule has 0 unspecified atom stereocenters. The number of fused-ring (bicyclic) bond motifs is 3. The van der Waals surface area contributed by atoms with E-state index in [1.807, 2.05) is 36.4 Å². The molecular formula is C47H59F3N5O5+. The minimum Gasteiger partial charge on any atom is -0.379 e. The first-order valence-corrected chi connectivity index (χ1v) is 21.3. The van der Waals surface area contributed by atoms with Gasteiger partial charge in [0, 0.05) is 54.8 Å². The number of carbonyl (C=O) groups is 2. The van der Waals surface area contributed by atoms with Crippen molar-refractivity contribution in [3.63, 3.8) is 0 Å². The molecule has 3 aromatic carbocycles. The Morgan fingerprint density at radius 1 is 0.767 bits per heavy atom. The van der Waals surface area contributed by atoms with E-state index in [-0.39, 0.29) is 18.0 Å². The number of hydrogen-bond acceptors (Lipinski definition) is 7. The van der Waals surface area contributed by atoms with Crippen LogP contribution in [0, 0.1) is 5.92 Å². The minimum atomic E-state index is -4.48. The Bertz CT molecular complexity index is 2000. The molecule has 0 saturated carbocycles. The maximum absolute atomic E-state index is 13.7. The van der Waals surface area contributed by atoms with Crippen molar-refractivity contribution >= 4 is 23.2 Å². The van der Waals surface area contributed by atoms with Crippen LogP contribution in [0.25, 0.3) is 11.3 Å². The summed E-state index contributed by atoms with van der Waals surface area (Å²) in [7, 11) is 0. The van der Waals surface area contributed by atoms with Gasteiger partial charge in [0.25, 0.3) is 11.8 Å². The second-order valence-electron chi connectivity index (χ2n) is 15.8. The number of aromatic nitrogens is 1. The molecule has 0 aliphatic carbocycles. The zero-order chi connectivity index (χ0) is 42.4. The quantitative estimate of drug-likeness (QED) is 0.0606. The van der Waals surface area contributed by atoms with E-state index in [1.54, 1.807) is 18.2 Å². The Morgan fingerprint density at radius 3 is 2.15 bits per heavy atom. The minimum absolute atomic E-state index is 0.0867. The molecule has 322 valence electrons. The molecule has 7 rings (SSSR count). The first-order valence-electron chi connectivity index (χ1n) is 21.3. The topological polar surface area (TPSA) is 102 Å². The van der Waals surface area contributed by atoms with Crippen molar-refractivity contribution < 1.29 is 41.5 Å². The first kappa shape index (κ1) is 44.7. The number of alkyl halides is 3. The molecule has 2 amide bonds. The SMILES string of the molecule is CCN(CC)c1ccc(NC(=O)c2cccc(CCCOCCOCCOCC[N+]34CCC(CC3)CC4)c2)c(-c2cc(C(=O)NCc3cccc(C(F)(F)F)c3)ccn2)c1. The molecule has 3 aliphatic heterocycles. The molecule has 3 saturated heterocycles. The number of anilines is 2. The van der Waals surface area contributed by atoms with Crippen LogP contribution >= 0.6 is 0 Å². The molecule has 1 aromatic heterocycles. The normalized spacial score (nSPS) is 17.4. The Hall–Kier alpha value is -4.82. The van der Waals surface area contributed by atoms with Crippen LogP contribution in [0.4, 0.5) is 24.5 Å². The summed E-state index contributed by atoms with van der Waals surface area (Å²) in [6, 6.07) is 21.2. The van der Waals surface area contributed by atoms with E-state index >= 15 is 0 Å². The maximum atomic E-state index is 13.7. The van der Waals surface area contributed by atoms with E-state index < -0.39 is 17.6 Å². The molecule has 3 aliphatic rings. The highest BCUT2D eigenvalue weighted by molar-refractivity contribution is 6.06. The van der Waals surface area contributed by atoms with Crippen LogP contribution in [0.1, 0.15) is 76.9 Å². The van der Waals surface area contributed by atoms with Crippen molar-refractivity contribution in [3.8, 4) is 11.3 Å². The lowest BCUT2D eigenvalue weighted by Gasteiger charge is -2.49. The standard InChI is InChI=1S/C47H58F3N5O5/c1-3-54(4-2)41-13-14-43(42(33-41)44-32-39(15-19-51-44)45(56)52-34-37-9-6-12-40(31-37)47(48,49)50)53-46(57)38-11-5-8-36(30-38)10-7-24-58-26-28-60-29-27-59-25-23-55-20-16-35(17-21-55)18-22-55/h5-6,8-9,11-15,19,30-33,35H,3-4,7,10,16-18,20-29,34H2,1-2H3,(H-,51,52,53,56,57)/p+1. The van der Waals surface area contributed by atoms with Gasteiger partial charge in [-0.15, -0.1) is 0 Å². The fraction of sp³-hybridized carbons (Fsp3) is 0.468. The van der Waals surface area contributed by atoms with Crippen LogP contribution in [0.5, 0.6) is 0 Å². The smallest absolute Gasteiger partial charge is 0.379 e. The summed E-state index contributed by atoms with van der Waals surface area (Å²) >= 11 is 0. The van der Waals surface area contributed by atoms with Crippen molar-refractivity contribution in [2.24, 2.45) is 5.92 Å². The predicted molar refractivity (Wildman–Crippen MR) is 228 cm³/mol. The second kappa shape index (κ2) is 21.6. The van der Waals surface area contributed by atoms with E-state index in [0.29, 0.717) is 61.1 Å².